The SMILES string of the molecule is C=C[C@H]1CCC[C@@]1(O[Si](C)(C)C(C)(C)C)C1=CCN(S(=O)(=O)c2ccc(C)cc2)C1. The zero-order valence-corrected chi connectivity index (χ0v) is 21.2. The van der Waals surface area contributed by atoms with E-state index in [2.05, 4.69) is 46.5 Å². The molecule has 1 aromatic carbocycles. The van der Waals surface area contributed by atoms with E-state index in [0.717, 1.165) is 30.4 Å². The standard InChI is InChI=1S/C24H37NO3SSi/c1-8-20-10-9-16-24(20,28-30(6,7)23(3,4)5)21-15-17-25(18-21)29(26,27)22-13-11-19(2)12-14-22/h8,11-15,20H,1,9-10,16-18H2,2-7H3/t20-,24-/m0/s1. The topological polar surface area (TPSA) is 46.6 Å². The Bertz CT molecular complexity index is 928. The monoisotopic (exact) mass is 447 g/mol. The van der Waals surface area contributed by atoms with Gasteiger partial charge in [-0.05, 0) is 62.0 Å². The average Bonchev–Trinajstić information content (AvgIpc) is 3.28. The maximum absolute atomic E-state index is 13.2. The molecule has 1 saturated carbocycles. The zero-order valence-electron chi connectivity index (χ0n) is 19.4. The first kappa shape index (κ1) is 23.5. The van der Waals surface area contributed by atoms with Crippen molar-refractivity contribution in [2.45, 2.75) is 75.6 Å². The van der Waals surface area contributed by atoms with Gasteiger partial charge in [0.1, 0.15) is 0 Å². The molecule has 0 radical (unpaired) electrons. The first-order valence-corrected chi connectivity index (χ1v) is 15.3. The van der Waals surface area contributed by atoms with Crippen molar-refractivity contribution in [3.05, 3.63) is 54.1 Å². The average molecular weight is 448 g/mol. The summed E-state index contributed by atoms with van der Waals surface area (Å²) in [5, 5.41) is 0.0845. The molecule has 0 amide bonds. The number of rotatable bonds is 6. The summed E-state index contributed by atoms with van der Waals surface area (Å²) >= 11 is 0. The highest BCUT2D eigenvalue weighted by molar-refractivity contribution is 7.89. The van der Waals surface area contributed by atoms with Gasteiger partial charge in [-0.1, -0.05) is 50.6 Å². The van der Waals surface area contributed by atoms with Crippen LogP contribution in [0.3, 0.4) is 0 Å². The van der Waals surface area contributed by atoms with Crippen LogP contribution in [0.25, 0.3) is 0 Å². The van der Waals surface area contributed by atoms with E-state index in [9.17, 15) is 8.42 Å². The van der Waals surface area contributed by atoms with Crippen LogP contribution in [0.15, 0.2) is 53.5 Å². The normalized spacial score (nSPS) is 26.1. The number of aryl methyl sites for hydroxylation is 1. The Kier molecular flexibility index (Phi) is 6.29. The summed E-state index contributed by atoms with van der Waals surface area (Å²) in [6.07, 6.45) is 7.17. The van der Waals surface area contributed by atoms with Gasteiger partial charge in [0.2, 0.25) is 10.0 Å². The van der Waals surface area contributed by atoms with E-state index in [0.29, 0.717) is 18.0 Å². The summed E-state index contributed by atoms with van der Waals surface area (Å²) in [6, 6.07) is 7.10. The van der Waals surface area contributed by atoms with Crippen molar-refractivity contribution in [3.8, 4) is 0 Å². The second kappa shape index (κ2) is 8.04. The molecule has 6 heteroatoms. The van der Waals surface area contributed by atoms with Crippen LogP contribution in [0.2, 0.25) is 18.1 Å². The second-order valence-electron chi connectivity index (χ2n) is 10.3. The van der Waals surface area contributed by atoms with Crippen LogP contribution in [0.5, 0.6) is 0 Å². The highest BCUT2D eigenvalue weighted by atomic mass is 32.2. The van der Waals surface area contributed by atoms with E-state index in [-0.39, 0.29) is 11.0 Å². The van der Waals surface area contributed by atoms with E-state index in [1.807, 2.05) is 25.1 Å². The third-order valence-corrected chi connectivity index (χ3v) is 13.6. The van der Waals surface area contributed by atoms with E-state index < -0.39 is 23.9 Å². The van der Waals surface area contributed by atoms with Crippen molar-refractivity contribution in [1.29, 1.82) is 0 Å². The lowest BCUT2D eigenvalue weighted by Crippen LogP contribution is -2.52. The molecule has 4 nitrogen and oxygen atoms in total. The Balaban J connectivity index is 1.92. The predicted molar refractivity (Wildman–Crippen MR) is 127 cm³/mol. The minimum Gasteiger partial charge on any atom is -0.407 e. The fraction of sp³-hybridized carbons (Fsp3) is 0.583. The lowest BCUT2D eigenvalue weighted by atomic mass is 9.84. The van der Waals surface area contributed by atoms with Gasteiger partial charge in [0.15, 0.2) is 8.32 Å². The zero-order chi connectivity index (χ0) is 22.4. The summed E-state index contributed by atoms with van der Waals surface area (Å²) in [5.74, 6) is 0.222. The van der Waals surface area contributed by atoms with E-state index in [1.54, 1.807) is 16.4 Å². The Morgan fingerprint density at radius 2 is 1.87 bits per heavy atom. The molecule has 1 aliphatic heterocycles. The predicted octanol–water partition coefficient (Wildman–Crippen LogP) is 5.67. The summed E-state index contributed by atoms with van der Waals surface area (Å²) in [4.78, 5) is 0.355. The minimum atomic E-state index is -3.53. The van der Waals surface area contributed by atoms with Gasteiger partial charge >= 0.3 is 0 Å². The lowest BCUT2D eigenvalue weighted by molar-refractivity contribution is 0.0665. The molecule has 1 fully saturated rings. The highest BCUT2D eigenvalue weighted by Crippen LogP contribution is 2.51. The fourth-order valence-electron chi connectivity index (χ4n) is 4.39. The van der Waals surface area contributed by atoms with Crippen molar-refractivity contribution in [2.24, 2.45) is 5.92 Å². The second-order valence-corrected chi connectivity index (χ2v) is 17.0. The van der Waals surface area contributed by atoms with Crippen LogP contribution in [0.4, 0.5) is 0 Å². The van der Waals surface area contributed by atoms with Gasteiger partial charge in [0.25, 0.3) is 0 Å². The van der Waals surface area contributed by atoms with E-state index in [1.165, 1.54) is 0 Å². The Labute approximate surface area is 184 Å². The fourth-order valence-corrected chi connectivity index (χ4v) is 7.35. The van der Waals surface area contributed by atoms with Crippen molar-refractivity contribution >= 4 is 18.3 Å². The van der Waals surface area contributed by atoms with Gasteiger partial charge in [-0.15, -0.1) is 6.58 Å². The molecule has 3 rings (SSSR count). The van der Waals surface area contributed by atoms with Crippen molar-refractivity contribution in [3.63, 3.8) is 0 Å². The minimum absolute atomic E-state index is 0.0845. The van der Waals surface area contributed by atoms with Crippen LogP contribution in [0.1, 0.15) is 45.6 Å². The summed E-state index contributed by atoms with van der Waals surface area (Å²) < 4.78 is 35.2. The molecule has 0 saturated heterocycles. The smallest absolute Gasteiger partial charge is 0.243 e. The van der Waals surface area contributed by atoms with Crippen LogP contribution < -0.4 is 0 Å². The lowest BCUT2D eigenvalue weighted by Gasteiger charge is -2.47. The summed E-state index contributed by atoms with van der Waals surface area (Å²) in [6.45, 7) is 18.2. The van der Waals surface area contributed by atoms with Gasteiger partial charge in [-0.25, -0.2) is 8.42 Å². The number of sulfonamides is 1. The molecule has 166 valence electrons. The molecule has 2 aliphatic rings. The summed E-state index contributed by atoms with van der Waals surface area (Å²) in [5.41, 5.74) is 1.74. The van der Waals surface area contributed by atoms with Crippen molar-refractivity contribution in [2.75, 3.05) is 13.1 Å². The van der Waals surface area contributed by atoms with Gasteiger partial charge in [-0.2, -0.15) is 4.31 Å². The number of hydrogen-bond donors (Lipinski definition) is 0. The van der Waals surface area contributed by atoms with E-state index in [4.69, 9.17) is 4.43 Å². The number of nitrogens with zero attached hydrogens (tertiary/aromatic N) is 1. The quantitative estimate of drug-likeness (QED) is 0.417. The summed E-state index contributed by atoms with van der Waals surface area (Å²) in [7, 11) is -5.59. The largest absolute Gasteiger partial charge is 0.407 e. The van der Waals surface area contributed by atoms with E-state index >= 15 is 0 Å². The maximum Gasteiger partial charge on any atom is 0.243 e. The van der Waals surface area contributed by atoms with Crippen LogP contribution >= 0.6 is 0 Å². The van der Waals surface area contributed by atoms with Crippen LogP contribution in [-0.4, -0.2) is 39.7 Å². The van der Waals surface area contributed by atoms with Crippen molar-refractivity contribution in [1.82, 2.24) is 4.31 Å². The first-order valence-electron chi connectivity index (χ1n) is 10.9. The Morgan fingerprint density at radius 3 is 2.43 bits per heavy atom. The van der Waals surface area contributed by atoms with Gasteiger partial charge in [0, 0.05) is 19.0 Å². The highest BCUT2D eigenvalue weighted by Gasteiger charge is 2.53. The molecule has 2 atom stereocenters. The molecular weight excluding hydrogens is 410 g/mol. The van der Waals surface area contributed by atoms with Crippen molar-refractivity contribution < 1.29 is 12.8 Å². The number of hydrogen-bond acceptors (Lipinski definition) is 3. The molecule has 0 spiro atoms. The molecule has 30 heavy (non-hydrogen) atoms. The molecule has 1 heterocycles. The Morgan fingerprint density at radius 1 is 1.23 bits per heavy atom. The van der Waals surface area contributed by atoms with Gasteiger partial charge in [-0.3, -0.25) is 0 Å². The number of benzene rings is 1. The molecular formula is C24H37NO3SSi. The molecule has 0 bridgehead atoms. The molecule has 0 aromatic heterocycles. The molecule has 0 N–H and O–H groups in total. The first-order chi connectivity index (χ1) is 13.8. The van der Waals surface area contributed by atoms with Crippen LogP contribution in [0, 0.1) is 12.8 Å². The van der Waals surface area contributed by atoms with Crippen LogP contribution in [-0.2, 0) is 14.4 Å². The van der Waals surface area contributed by atoms with Gasteiger partial charge in [0.05, 0.1) is 10.5 Å². The molecule has 1 aromatic rings. The Hall–Kier alpha value is -1.21. The van der Waals surface area contributed by atoms with Gasteiger partial charge < -0.3 is 4.43 Å². The maximum atomic E-state index is 13.2. The molecule has 1 aliphatic carbocycles. The third-order valence-electron chi connectivity index (χ3n) is 7.28. The third kappa shape index (κ3) is 4.12. The molecule has 0 unspecified atom stereocenters.